The van der Waals surface area contributed by atoms with Crippen LogP contribution in [0.2, 0.25) is 0 Å². The number of nitrogens with zero attached hydrogens (tertiary/aromatic N) is 1. The molecule has 1 rings (SSSR count). The highest BCUT2D eigenvalue weighted by atomic mass is 16.5. The maximum atomic E-state index is 10.8. The third kappa shape index (κ3) is 2.25. The maximum Gasteiger partial charge on any atom is 0.248 e. The Hall–Kier alpha value is -1.58. The molecule has 1 heterocycles. The van der Waals surface area contributed by atoms with Gasteiger partial charge in [-0.15, -0.1) is 0 Å². The molecular formula is C7H8N2O2. The van der Waals surface area contributed by atoms with E-state index in [1.165, 1.54) is 18.5 Å². The summed E-state index contributed by atoms with van der Waals surface area (Å²) < 4.78 is 4.50. The van der Waals surface area contributed by atoms with Crippen molar-refractivity contribution >= 4 is 11.6 Å². The van der Waals surface area contributed by atoms with Crippen LogP contribution >= 0.6 is 0 Å². The Morgan fingerprint density at radius 2 is 2.64 bits per heavy atom. The number of hydrogen-bond donors (Lipinski definition) is 1. The number of rotatable bonds is 2. The maximum absolute atomic E-state index is 10.8. The molecular weight excluding hydrogens is 144 g/mol. The summed E-state index contributed by atoms with van der Waals surface area (Å²) in [4.78, 5) is 10.8. The molecule has 0 aliphatic rings. The van der Waals surface area contributed by atoms with Crippen molar-refractivity contribution in [1.29, 1.82) is 0 Å². The van der Waals surface area contributed by atoms with Crippen LogP contribution in [0.3, 0.4) is 0 Å². The molecule has 1 aromatic heterocycles. The van der Waals surface area contributed by atoms with Gasteiger partial charge in [0.25, 0.3) is 0 Å². The summed E-state index contributed by atoms with van der Waals surface area (Å²) in [5.41, 5.74) is 0.563. The number of hydrogen-bond acceptors (Lipinski definition) is 3. The molecule has 1 amide bonds. The predicted octanol–water partition coefficient (Wildman–Crippen LogP) is 1.19. The number of allylic oxidation sites excluding steroid dienone is 1. The lowest BCUT2D eigenvalue weighted by Gasteiger charge is -1.92. The largest absolute Gasteiger partial charge is 0.363 e. The lowest BCUT2D eigenvalue weighted by molar-refractivity contribution is -0.111. The van der Waals surface area contributed by atoms with Crippen LogP contribution < -0.4 is 5.32 Å². The van der Waals surface area contributed by atoms with Crippen molar-refractivity contribution < 1.29 is 9.32 Å². The average Bonchev–Trinajstić information content (AvgIpc) is 2.40. The SMILES string of the molecule is CC=CC(=O)Nc1cnoc1. The summed E-state index contributed by atoms with van der Waals surface area (Å²) in [7, 11) is 0. The Morgan fingerprint density at radius 3 is 3.18 bits per heavy atom. The molecule has 0 atom stereocenters. The third-order valence-electron chi connectivity index (χ3n) is 1.02. The summed E-state index contributed by atoms with van der Waals surface area (Å²) in [6.45, 7) is 1.77. The zero-order valence-corrected chi connectivity index (χ0v) is 6.07. The molecule has 4 heteroatoms. The number of carbonyl (C=O) groups is 1. The van der Waals surface area contributed by atoms with Gasteiger partial charge in [-0.25, -0.2) is 0 Å². The number of aromatic nitrogens is 1. The topological polar surface area (TPSA) is 55.1 Å². The Labute approximate surface area is 63.9 Å². The van der Waals surface area contributed by atoms with Crippen molar-refractivity contribution in [3.8, 4) is 0 Å². The van der Waals surface area contributed by atoms with Crippen LogP contribution in [0.25, 0.3) is 0 Å². The third-order valence-corrected chi connectivity index (χ3v) is 1.02. The van der Waals surface area contributed by atoms with Crippen molar-refractivity contribution in [1.82, 2.24) is 5.16 Å². The zero-order valence-electron chi connectivity index (χ0n) is 6.07. The van der Waals surface area contributed by atoms with E-state index in [0.717, 1.165) is 0 Å². The molecule has 0 aliphatic carbocycles. The molecule has 1 N–H and O–H groups in total. The Balaban J connectivity index is 2.50. The van der Waals surface area contributed by atoms with Crippen molar-refractivity contribution in [2.24, 2.45) is 0 Å². The van der Waals surface area contributed by atoms with E-state index in [1.807, 2.05) is 0 Å². The summed E-state index contributed by atoms with van der Waals surface area (Å²) in [6.07, 6.45) is 5.87. The first-order valence-corrected chi connectivity index (χ1v) is 3.16. The molecule has 58 valence electrons. The molecule has 4 nitrogen and oxygen atoms in total. The molecule has 0 spiro atoms. The van der Waals surface area contributed by atoms with Crippen molar-refractivity contribution in [3.63, 3.8) is 0 Å². The first kappa shape index (κ1) is 7.53. The highest BCUT2D eigenvalue weighted by molar-refractivity contribution is 5.98. The standard InChI is InChI=1S/C7H8N2O2/c1-2-3-7(10)9-6-4-8-11-5-6/h2-5H,1H3,(H,9,10). The normalized spacial score (nSPS) is 10.3. The summed E-state index contributed by atoms with van der Waals surface area (Å²) in [5, 5.41) is 5.96. The Morgan fingerprint density at radius 1 is 1.82 bits per heavy atom. The van der Waals surface area contributed by atoms with Crippen LogP contribution in [0.15, 0.2) is 29.1 Å². The van der Waals surface area contributed by atoms with Gasteiger partial charge in [0.1, 0.15) is 12.0 Å². The van der Waals surface area contributed by atoms with Gasteiger partial charge in [0.2, 0.25) is 5.91 Å². The van der Waals surface area contributed by atoms with E-state index in [2.05, 4.69) is 15.0 Å². The molecule has 0 unspecified atom stereocenters. The minimum atomic E-state index is -0.185. The molecule has 0 bridgehead atoms. The molecule has 1 aromatic rings. The smallest absolute Gasteiger partial charge is 0.248 e. The molecule has 0 aromatic carbocycles. The minimum absolute atomic E-state index is 0.185. The van der Waals surface area contributed by atoms with Crippen molar-refractivity contribution in [3.05, 3.63) is 24.6 Å². The zero-order chi connectivity index (χ0) is 8.10. The lowest BCUT2D eigenvalue weighted by Crippen LogP contribution is -2.06. The Bertz CT molecular complexity index is 251. The van der Waals surface area contributed by atoms with E-state index in [4.69, 9.17) is 0 Å². The first-order valence-electron chi connectivity index (χ1n) is 3.16. The van der Waals surface area contributed by atoms with Gasteiger partial charge < -0.3 is 9.84 Å². The highest BCUT2D eigenvalue weighted by Gasteiger charge is 1.97. The van der Waals surface area contributed by atoms with Gasteiger partial charge in [-0.2, -0.15) is 0 Å². The molecule has 0 saturated heterocycles. The molecule has 0 radical (unpaired) electrons. The Kier molecular flexibility index (Phi) is 2.43. The van der Waals surface area contributed by atoms with Gasteiger partial charge in [0, 0.05) is 0 Å². The van der Waals surface area contributed by atoms with Crippen molar-refractivity contribution in [2.75, 3.05) is 5.32 Å². The fourth-order valence-electron chi connectivity index (χ4n) is 0.602. The summed E-state index contributed by atoms with van der Waals surface area (Å²) in [5.74, 6) is -0.185. The first-order chi connectivity index (χ1) is 5.33. The van der Waals surface area contributed by atoms with E-state index in [-0.39, 0.29) is 5.91 Å². The van der Waals surface area contributed by atoms with Crippen LogP contribution in [0, 0.1) is 0 Å². The molecule has 0 fully saturated rings. The van der Waals surface area contributed by atoms with Crippen LogP contribution in [0.1, 0.15) is 6.92 Å². The van der Waals surface area contributed by atoms with Gasteiger partial charge >= 0.3 is 0 Å². The van der Waals surface area contributed by atoms with Gasteiger partial charge in [-0.1, -0.05) is 11.2 Å². The average molecular weight is 152 g/mol. The summed E-state index contributed by atoms with van der Waals surface area (Å²) >= 11 is 0. The fourth-order valence-corrected chi connectivity index (χ4v) is 0.602. The van der Waals surface area contributed by atoms with Gasteiger partial charge in [-0.05, 0) is 13.0 Å². The van der Waals surface area contributed by atoms with E-state index < -0.39 is 0 Å². The van der Waals surface area contributed by atoms with Gasteiger partial charge in [-0.3, -0.25) is 4.79 Å². The van der Waals surface area contributed by atoms with E-state index >= 15 is 0 Å². The number of amides is 1. The van der Waals surface area contributed by atoms with Crippen LogP contribution in [0.5, 0.6) is 0 Å². The van der Waals surface area contributed by atoms with Gasteiger partial charge in [0.05, 0.1) is 6.20 Å². The van der Waals surface area contributed by atoms with Crippen LogP contribution in [0.4, 0.5) is 5.69 Å². The van der Waals surface area contributed by atoms with E-state index in [0.29, 0.717) is 5.69 Å². The monoisotopic (exact) mass is 152 g/mol. The molecule has 0 aliphatic heterocycles. The number of nitrogens with one attached hydrogen (secondary N) is 1. The summed E-state index contributed by atoms with van der Waals surface area (Å²) in [6, 6.07) is 0. The van der Waals surface area contributed by atoms with E-state index in [1.54, 1.807) is 13.0 Å². The number of anilines is 1. The van der Waals surface area contributed by atoms with E-state index in [9.17, 15) is 4.79 Å². The fraction of sp³-hybridized carbons (Fsp3) is 0.143. The van der Waals surface area contributed by atoms with Gasteiger partial charge in [0.15, 0.2) is 0 Å². The highest BCUT2D eigenvalue weighted by Crippen LogP contribution is 2.02. The number of carbonyl (C=O) groups excluding carboxylic acids is 1. The quantitative estimate of drug-likeness (QED) is 0.647. The lowest BCUT2D eigenvalue weighted by atomic mass is 10.4. The second-order valence-electron chi connectivity index (χ2n) is 1.90. The predicted molar refractivity (Wildman–Crippen MR) is 39.9 cm³/mol. The molecule has 0 saturated carbocycles. The second-order valence-corrected chi connectivity index (χ2v) is 1.90. The minimum Gasteiger partial charge on any atom is -0.363 e. The molecule has 11 heavy (non-hydrogen) atoms. The second kappa shape index (κ2) is 3.55. The van der Waals surface area contributed by atoms with Crippen LogP contribution in [-0.4, -0.2) is 11.1 Å². The van der Waals surface area contributed by atoms with Crippen LogP contribution in [-0.2, 0) is 4.79 Å². The van der Waals surface area contributed by atoms with Crippen molar-refractivity contribution in [2.45, 2.75) is 6.92 Å².